The molecule has 0 bridgehead atoms. The molecule has 0 fully saturated rings. The molecule has 0 amide bonds. The summed E-state index contributed by atoms with van der Waals surface area (Å²) in [6, 6.07) is 11.8. The van der Waals surface area contributed by atoms with Crippen molar-refractivity contribution in [3.63, 3.8) is 0 Å². The van der Waals surface area contributed by atoms with Crippen LogP contribution in [-0.4, -0.2) is 13.0 Å². The summed E-state index contributed by atoms with van der Waals surface area (Å²) in [5, 5.41) is 0. The van der Waals surface area contributed by atoms with Gasteiger partial charge in [-0.05, 0) is 56.9 Å². The van der Waals surface area contributed by atoms with Gasteiger partial charge in [-0.2, -0.15) is 8.42 Å². The maximum absolute atomic E-state index is 11.0. The largest absolute Gasteiger partial charge is 0.294 e. The molecule has 0 atom stereocenters. The van der Waals surface area contributed by atoms with E-state index in [1.165, 1.54) is 17.2 Å². The monoisotopic (exact) mass is 378 g/mol. The molecule has 0 heterocycles. The second kappa shape index (κ2) is 13.3. The van der Waals surface area contributed by atoms with Crippen molar-refractivity contribution >= 4 is 10.1 Å². The van der Waals surface area contributed by atoms with Crippen molar-refractivity contribution < 1.29 is 13.0 Å². The lowest BCUT2D eigenvalue weighted by atomic mass is 10.0. The minimum Gasteiger partial charge on any atom is -0.282 e. The van der Waals surface area contributed by atoms with E-state index >= 15 is 0 Å². The van der Waals surface area contributed by atoms with Gasteiger partial charge in [-0.3, -0.25) is 4.55 Å². The van der Waals surface area contributed by atoms with Gasteiger partial charge in [-0.1, -0.05) is 62.2 Å². The molecule has 0 aromatic heterocycles. The van der Waals surface area contributed by atoms with Crippen LogP contribution in [0.25, 0.3) is 0 Å². The Morgan fingerprint density at radius 2 is 1.19 bits per heavy atom. The Morgan fingerprint density at radius 1 is 0.846 bits per heavy atom. The molecule has 0 aliphatic rings. The molecule has 2 rings (SSSR count). The van der Waals surface area contributed by atoms with Gasteiger partial charge < -0.3 is 0 Å². The van der Waals surface area contributed by atoms with Crippen molar-refractivity contribution in [2.24, 2.45) is 0 Å². The average molecular weight is 379 g/mol. The van der Waals surface area contributed by atoms with Gasteiger partial charge in [-0.25, -0.2) is 0 Å². The van der Waals surface area contributed by atoms with Crippen molar-refractivity contribution in [1.82, 2.24) is 0 Å². The molecular formula is C22H34O3S. The van der Waals surface area contributed by atoms with Crippen LogP contribution in [0.2, 0.25) is 0 Å². The summed E-state index contributed by atoms with van der Waals surface area (Å²) < 4.78 is 31.1. The molecule has 0 aliphatic carbocycles. The van der Waals surface area contributed by atoms with Gasteiger partial charge in [0, 0.05) is 0 Å². The lowest BCUT2D eigenvalue weighted by Crippen LogP contribution is -2.04. The zero-order chi connectivity index (χ0) is 20.9. The van der Waals surface area contributed by atoms with Crippen LogP contribution >= 0.6 is 0 Å². The predicted octanol–water partition coefficient (Wildman–Crippen LogP) is 6.24. The van der Waals surface area contributed by atoms with E-state index in [1.807, 2.05) is 34.6 Å². The zero-order valence-corrected chi connectivity index (χ0v) is 18.1. The minimum atomic E-state index is -4.08. The van der Waals surface area contributed by atoms with Crippen molar-refractivity contribution in [2.75, 3.05) is 0 Å². The summed E-state index contributed by atoms with van der Waals surface area (Å²) in [4.78, 5) is 0.0306. The van der Waals surface area contributed by atoms with E-state index in [1.54, 1.807) is 6.07 Å². The van der Waals surface area contributed by atoms with E-state index in [9.17, 15) is 8.42 Å². The SMILES string of the molecule is C=C.CC.CCc1cc(C)c(C)cc1S(=O)(=O)O.Cc1ccc(C)cc1. The van der Waals surface area contributed by atoms with E-state index in [0.29, 0.717) is 12.0 Å². The van der Waals surface area contributed by atoms with Crippen LogP contribution in [0.15, 0.2) is 54.5 Å². The van der Waals surface area contributed by atoms with Crippen LogP contribution < -0.4 is 0 Å². The Bertz CT molecular complexity index is 725. The van der Waals surface area contributed by atoms with Crippen LogP contribution in [0.1, 0.15) is 48.6 Å². The molecule has 146 valence electrons. The quantitative estimate of drug-likeness (QED) is 0.497. The molecular weight excluding hydrogens is 344 g/mol. The van der Waals surface area contributed by atoms with Gasteiger partial charge >= 0.3 is 0 Å². The fraction of sp³-hybridized carbons (Fsp3) is 0.364. The van der Waals surface area contributed by atoms with Crippen LogP contribution in [-0.2, 0) is 16.5 Å². The molecule has 0 saturated heterocycles. The second-order valence-electron chi connectivity index (χ2n) is 5.53. The molecule has 1 N–H and O–H groups in total. The highest BCUT2D eigenvalue weighted by molar-refractivity contribution is 7.85. The highest BCUT2D eigenvalue weighted by Gasteiger charge is 2.15. The van der Waals surface area contributed by atoms with E-state index in [-0.39, 0.29) is 4.90 Å². The third-order valence-electron chi connectivity index (χ3n) is 3.55. The highest BCUT2D eigenvalue weighted by atomic mass is 32.2. The maximum atomic E-state index is 11.0. The summed E-state index contributed by atoms with van der Waals surface area (Å²) >= 11 is 0. The Kier molecular flexibility index (Phi) is 13.5. The minimum absolute atomic E-state index is 0.0306. The third-order valence-corrected chi connectivity index (χ3v) is 4.49. The summed E-state index contributed by atoms with van der Waals surface area (Å²) in [6.07, 6.45) is 0.593. The summed E-state index contributed by atoms with van der Waals surface area (Å²) in [6.45, 7) is 19.8. The van der Waals surface area contributed by atoms with Gasteiger partial charge in [0.05, 0.1) is 4.90 Å². The molecule has 3 nitrogen and oxygen atoms in total. The van der Waals surface area contributed by atoms with Crippen LogP contribution in [0.5, 0.6) is 0 Å². The molecule has 26 heavy (non-hydrogen) atoms. The van der Waals surface area contributed by atoms with E-state index in [4.69, 9.17) is 4.55 Å². The predicted molar refractivity (Wildman–Crippen MR) is 114 cm³/mol. The zero-order valence-electron chi connectivity index (χ0n) is 17.3. The standard InChI is InChI=1S/C10H14O3S.C8H10.C2H6.C2H4/c1-4-9-5-7(2)8(3)6-10(9)14(11,12)13;1-7-3-5-8(2)6-4-7;2*1-2/h5-6H,4H2,1-3H3,(H,11,12,13);3-6H,1-2H3;1-2H3;1-2H2. The molecule has 4 heteroatoms. The van der Waals surface area contributed by atoms with E-state index in [2.05, 4.69) is 51.3 Å². The first-order valence-corrected chi connectivity index (χ1v) is 10.2. The smallest absolute Gasteiger partial charge is 0.282 e. The number of rotatable bonds is 2. The molecule has 0 saturated carbocycles. The molecule has 0 radical (unpaired) electrons. The normalized spacial score (nSPS) is 9.54. The molecule has 0 aliphatic heterocycles. The first kappa shape index (κ1) is 26.3. The summed E-state index contributed by atoms with van der Waals surface area (Å²) in [7, 11) is -4.08. The van der Waals surface area contributed by atoms with Gasteiger partial charge in [-0.15, -0.1) is 13.2 Å². The lowest BCUT2D eigenvalue weighted by molar-refractivity contribution is 0.482. The Morgan fingerprint density at radius 3 is 1.50 bits per heavy atom. The Hall–Kier alpha value is -1.91. The first-order chi connectivity index (χ1) is 12.1. The molecule has 2 aromatic carbocycles. The van der Waals surface area contributed by atoms with Gasteiger partial charge in [0.25, 0.3) is 10.1 Å². The number of hydrogen-bond acceptors (Lipinski definition) is 2. The van der Waals surface area contributed by atoms with Crippen molar-refractivity contribution in [1.29, 1.82) is 0 Å². The van der Waals surface area contributed by atoms with Crippen molar-refractivity contribution in [3.8, 4) is 0 Å². The number of benzene rings is 2. The molecule has 2 aromatic rings. The third kappa shape index (κ3) is 9.54. The topological polar surface area (TPSA) is 54.4 Å². The Balaban J connectivity index is 0. The van der Waals surface area contributed by atoms with Gasteiger partial charge in [0.2, 0.25) is 0 Å². The van der Waals surface area contributed by atoms with E-state index in [0.717, 1.165) is 11.1 Å². The fourth-order valence-corrected chi connectivity index (χ4v) is 2.86. The number of hydrogen-bond donors (Lipinski definition) is 1. The maximum Gasteiger partial charge on any atom is 0.294 e. The van der Waals surface area contributed by atoms with Crippen LogP contribution in [0.4, 0.5) is 0 Å². The fourth-order valence-electron chi connectivity index (χ4n) is 2.00. The van der Waals surface area contributed by atoms with Crippen molar-refractivity contribution in [2.45, 2.75) is 59.8 Å². The molecule has 0 unspecified atom stereocenters. The number of aryl methyl sites for hydroxylation is 5. The second-order valence-corrected chi connectivity index (χ2v) is 6.92. The highest BCUT2D eigenvalue weighted by Crippen LogP contribution is 2.20. The van der Waals surface area contributed by atoms with Gasteiger partial charge in [0.1, 0.15) is 0 Å². The summed E-state index contributed by atoms with van der Waals surface area (Å²) in [5.41, 5.74) is 5.23. The summed E-state index contributed by atoms with van der Waals surface area (Å²) in [5.74, 6) is 0. The lowest BCUT2D eigenvalue weighted by Gasteiger charge is -2.08. The Labute approximate surface area is 160 Å². The average Bonchev–Trinajstić information content (AvgIpc) is 2.62. The molecule has 0 spiro atoms. The van der Waals surface area contributed by atoms with Crippen LogP contribution in [0.3, 0.4) is 0 Å². The van der Waals surface area contributed by atoms with Crippen molar-refractivity contribution in [3.05, 3.63) is 77.4 Å². The first-order valence-electron chi connectivity index (χ1n) is 8.76. The van der Waals surface area contributed by atoms with Gasteiger partial charge in [0.15, 0.2) is 0 Å². The van der Waals surface area contributed by atoms with E-state index < -0.39 is 10.1 Å². The van der Waals surface area contributed by atoms with Crippen LogP contribution in [0, 0.1) is 27.7 Å².